The van der Waals surface area contributed by atoms with Crippen LogP contribution in [0.5, 0.6) is 0 Å². The maximum Gasteiger partial charge on any atom is 0.0681 e. The van der Waals surface area contributed by atoms with Crippen molar-refractivity contribution in [3.63, 3.8) is 0 Å². The monoisotopic (exact) mass is 357 g/mol. The van der Waals surface area contributed by atoms with Crippen LogP contribution in [0.2, 0.25) is 0 Å². The molecule has 1 aliphatic heterocycles. The van der Waals surface area contributed by atoms with Gasteiger partial charge in [0.2, 0.25) is 0 Å². The summed E-state index contributed by atoms with van der Waals surface area (Å²) in [4.78, 5) is 3.95. The molecule has 0 unspecified atom stereocenters. The fourth-order valence-electron chi connectivity index (χ4n) is 4.41. The summed E-state index contributed by atoms with van der Waals surface area (Å²) in [6, 6.07) is 12.9. The molecule has 1 aromatic carbocycles. The summed E-state index contributed by atoms with van der Waals surface area (Å²) < 4.78 is 5.87. The van der Waals surface area contributed by atoms with Crippen molar-refractivity contribution in [2.24, 2.45) is 5.41 Å². The second-order valence-electron chi connectivity index (χ2n) is 7.37. The molecule has 1 saturated carbocycles. The predicted molar refractivity (Wildman–Crippen MR) is 103 cm³/mol. The maximum absolute atomic E-state index is 10.3. The summed E-state index contributed by atoms with van der Waals surface area (Å²) in [6.07, 6.45) is 3.02. The van der Waals surface area contributed by atoms with E-state index in [2.05, 4.69) is 53.6 Å². The Labute approximate surface area is 154 Å². The third-order valence-corrected chi connectivity index (χ3v) is 6.96. The van der Waals surface area contributed by atoms with Crippen molar-refractivity contribution in [1.29, 1.82) is 0 Å². The molecule has 3 nitrogen and oxygen atoms in total. The summed E-state index contributed by atoms with van der Waals surface area (Å²) >= 11 is 1.85. The van der Waals surface area contributed by atoms with Crippen LogP contribution in [0.25, 0.3) is 11.1 Å². The number of piperidine rings is 1. The molecule has 2 aliphatic rings. The summed E-state index contributed by atoms with van der Waals surface area (Å²) in [5.41, 5.74) is 2.64. The average molecular weight is 358 g/mol. The SMILES string of the molecule is CCO[C@H]1C[C@@H](O)C12CCN(Cc1cc(-c3ccccc3)cs1)CC2. The highest BCUT2D eigenvalue weighted by atomic mass is 32.1. The number of benzene rings is 1. The first kappa shape index (κ1) is 17.2. The normalized spacial score (nSPS) is 25.8. The highest BCUT2D eigenvalue weighted by Gasteiger charge is 2.55. The number of nitrogens with zero attached hydrogens (tertiary/aromatic N) is 1. The highest BCUT2D eigenvalue weighted by Crippen LogP contribution is 2.51. The van der Waals surface area contributed by atoms with E-state index in [1.165, 1.54) is 16.0 Å². The molecule has 1 spiro atoms. The Morgan fingerprint density at radius 2 is 1.96 bits per heavy atom. The molecule has 4 rings (SSSR count). The minimum atomic E-state index is -0.169. The number of hydrogen-bond acceptors (Lipinski definition) is 4. The third kappa shape index (κ3) is 3.28. The van der Waals surface area contributed by atoms with Gasteiger partial charge in [-0.1, -0.05) is 30.3 Å². The molecule has 25 heavy (non-hydrogen) atoms. The standard InChI is InChI=1S/C21H27NO2S/c1-2-24-20-13-19(23)21(20)8-10-22(11-9-21)14-18-12-17(15-25-18)16-6-4-3-5-7-16/h3-7,12,15,19-20,23H,2,8-11,13-14H2,1H3/t19-,20+/m1/s1. The van der Waals surface area contributed by atoms with Gasteiger partial charge in [-0.15, -0.1) is 11.3 Å². The van der Waals surface area contributed by atoms with Crippen LogP contribution >= 0.6 is 11.3 Å². The molecule has 2 fully saturated rings. The highest BCUT2D eigenvalue weighted by molar-refractivity contribution is 7.10. The minimum Gasteiger partial charge on any atom is -0.392 e. The number of aliphatic hydroxyl groups excluding tert-OH is 1. The lowest BCUT2D eigenvalue weighted by atomic mass is 9.58. The van der Waals surface area contributed by atoms with Gasteiger partial charge in [-0.2, -0.15) is 0 Å². The Morgan fingerprint density at radius 3 is 2.64 bits per heavy atom. The van der Waals surface area contributed by atoms with E-state index in [9.17, 15) is 5.11 Å². The Balaban J connectivity index is 1.36. The quantitative estimate of drug-likeness (QED) is 0.872. The second-order valence-corrected chi connectivity index (χ2v) is 8.37. The number of rotatable bonds is 5. The van der Waals surface area contributed by atoms with E-state index < -0.39 is 0 Å². The lowest BCUT2D eigenvalue weighted by Gasteiger charge is -2.56. The molecule has 1 aromatic heterocycles. The number of thiophene rings is 1. The zero-order valence-electron chi connectivity index (χ0n) is 14.9. The second kappa shape index (κ2) is 7.20. The topological polar surface area (TPSA) is 32.7 Å². The van der Waals surface area contributed by atoms with E-state index >= 15 is 0 Å². The molecule has 4 heteroatoms. The lowest BCUT2D eigenvalue weighted by molar-refractivity contribution is -0.209. The van der Waals surface area contributed by atoms with Crippen LogP contribution in [0.4, 0.5) is 0 Å². The molecule has 134 valence electrons. The van der Waals surface area contributed by atoms with Gasteiger partial charge in [-0.3, -0.25) is 4.90 Å². The van der Waals surface area contributed by atoms with E-state index in [0.29, 0.717) is 0 Å². The number of likely N-dealkylation sites (tertiary alicyclic amines) is 1. The van der Waals surface area contributed by atoms with Gasteiger partial charge >= 0.3 is 0 Å². The number of aliphatic hydroxyl groups is 1. The zero-order valence-corrected chi connectivity index (χ0v) is 15.7. The van der Waals surface area contributed by atoms with Crippen molar-refractivity contribution in [2.45, 2.75) is 44.9 Å². The number of ether oxygens (including phenoxy) is 1. The fraction of sp³-hybridized carbons (Fsp3) is 0.524. The molecule has 2 aromatic rings. The van der Waals surface area contributed by atoms with Crippen LogP contribution in [0.1, 0.15) is 31.1 Å². The Bertz CT molecular complexity index is 689. The molecule has 2 atom stereocenters. The fourth-order valence-corrected chi connectivity index (χ4v) is 5.34. The van der Waals surface area contributed by atoms with E-state index in [4.69, 9.17) is 4.74 Å². The summed E-state index contributed by atoms with van der Waals surface area (Å²) in [7, 11) is 0. The molecule has 0 bridgehead atoms. The molecule has 1 N–H and O–H groups in total. The van der Waals surface area contributed by atoms with E-state index in [0.717, 1.165) is 45.5 Å². The Morgan fingerprint density at radius 1 is 1.20 bits per heavy atom. The molecule has 2 heterocycles. The number of hydrogen-bond donors (Lipinski definition) is 1. The first-order chi connectivity index (χ1) is 12.2. The molecular formula is C21H27NO2S. The van der Waals surface area contributed by atoms with Crippen molar-refractivity contribution in [2.75, 3.05) is 19.7 Å². The van der Waals surface area contributed by atoms with Crippen molar-refractivity contribution >= 4 is 11.3 Å². The third-order valence-electron chi connectivity index (χ3n) is 6.04. The molecule has 0 amide bonds. The van der Waals surface area contributed by atoms with Gasteiger partial charge in [0, 0.05) is 29.9 Å². The first-order valence-electron chi connectivity index (χ1n) is 9.36. The van der Waals surface area contributed by atoms with Crippen molar-refractivity contribution in [3.05, 3.63) is 46.7 Å². The molecular weight excluding hydrogens is 330 g/mol. The smallest absolute Gasteiger partial charge is 0.0681 e. The summed E-state index contributed by atoms with van der Waals surface area (Å²) in [5, 5.41) is 12.6. The maximum atomic E-state index is 10.3. The van der Waals surface area contributed by atoms with Crippen LogP contribution in [0, 0.1) is 5.41 Å². The van der Waals surface area contributed by atoms with Crippen molar-refractivity contribution in [3.8, 4) is 11.1 Å². The van der Waals surface area contributed by atoms with Gasteiger partial charge in [0.1, 0.15) is 0 Å². The molecule has 0 radical (unpaired) electrons. The van der Waals surface area contributed by atoms with Gasteiger partial charge in [0.05, 0.1) is 12.2 Å². The Hall–Kier alpha value is -1.20. The van der Waals surface area contributed by atoms with Gasteiger partial charge in [-0.25, -0.2) is 0 Å². The minimum absolute atomic E-state index is 0.0250. The predicted octanol–water partition coefficient (Wildman–Crippen LogP) is 4.17. The van der Waals surface area contributed by atoms with Crippen LogP contribution in [0.15, 0.2) is 41.8 Å². The average Bonchev–Trinajstić information content (AvgIpc) is 3.11. The molecule has 1 aliphatic carbocycles. The van der Waals surface area contributed by atoms with Gasteiger partial charge in [0.25, 0.3) is 0 Å². The molecule has 1 saturated heterocycles. The summed E-state index contributed by atoms with van der Waals surface area (Å²) in [5.74, 6) is 0. The summed E-state index contributed by atoms with van der Waals surface area (Å²) in [6.45, 7) is 5.93. The zero-order chi connectivity index (χ0) is 17.3. The van der Waals surface area contributed by atoms with Crippen LogP contribution in [-0.2, 0) is 11.3 Å². The largest absolute Gasteiger partial charge is 0.392 e. The van der Waals surface area contributed by atoms with Crippen molar-refractivity contribution < 1.29 is 9.84 Å². The van der Waals surface area contributed by atoms with Gasteiger partial charge in [0.15, 0.2) is 0 Å². The van der Waals surface area contributed by atoms with Gasteiger partial charge < -0.3 is 9.84 Å². The van der Waals surface area contributed by atoms with E-state index in [1.807, 2.05) is 11.3 Å². The lowest BCUT2D eigenvalue weighted by Crippen LogP contribution is -2.62. The van der Waals surface area contributed by atoms with Crippen LogP contribution in [-0.4, -0.2) is 41.9 Å². The van der Waals surface area contributed by atoms with Crippen LogP contribution in [0.3, 0.4) is 0 Å². The van der Waals surface area contributed by atoms with E-state index in [-0.39, 0.29) is 17.6 Å². The van der Waals surface area contributed by atoms with Crippen molar-refractivity contribution in [1.82, 2.24) is 4.90 Å². The first-order valence-corrected chi connectivity index (χ1v) is 10.2. The Kier molecular flexibility index (Phi) is 4.96. The van der Waals surface area contributed by atoms with Gasteiger partial charge in [-0.05, 0) is 55.4 Å². The van der Waals surface area contributed by atoms with Crippen LogP contribution < -0.4 is 0 Å². The van der Waals surface area contributed by atoms with E-state index in [1.54, 1.807) is 0 Å².